The van der Waals surface area contributed by atoms with Crippen LogP contribution in [0.3, 0.4) is 0 Å². The van der Waals surface area contributed by atoms with Crippen LogP contribution in [0.5, 0.6) is 11.5 Å². The van der Waals surface area contributed by atoms with E-state index in [9.17, 15) is 4.79 Å². The van der Waals surface area contributed by atoms with Crippen LogP contribution in [0.4, 0.5) is 5.69 Å². The highest BCUT2D eigenvalue weighted by Crippen LogP contribution is 2.29. The molecule has 1 heterocycles. The number of carbonyl (C=O) groups excluding carboxylic acids is 1. The number of pyridine rings is 1. The van der Waals surface area contributed by atoms with Gasteiger partial charge in [0.1, 0.15) is 11.5 Å². The summed E-state index contributed by atoms with van der Waals surface area (Å²) in [6, 6.07) is 17.1. The second-order valence-corrected chi connectivity index (χ2v) is 6.46. The number of amides is 1. The number of hydrogen-bond donors (Lipinski definition) is 2. The molecule has 5 heteroatoms. The molecule has 0 aliphatic heterocycles. The van der Waals surface area contributed by atoms with Gasteiger partial charge in [0.15, 0.2) is 0 Å². The highest BCUT2D eigenvalue weighted by atomic mass is 16.5. The molecule has 1 aromatic heterocycles. The van der Waals surface area contributed by atoms with Crippen LogP contribution in [0.25, 0.3) is 10.9 Å². The van der Waals surface area contributed by atoms with Crippen molar-refractivity contribution < 1.29 is 9.53 Å². The molecule has 0 spiro atoms. The van der Waals surface area contributed by atoms with Gasteiger partial charge in [-0.05, 0) is 49.7 Å². The second-order valence-electron chi connectivity index (χ2n) is 6.46. The number of anilines is 1. The summed E-state index contributed by atoms with van der Waals surface area (Å²) in [4.78, 5) is 16.4. The van der Waals surface area contributed by atoms with E-state index >= 15 is 0 Å². The van der Waals surface area contributed by atoms with Gasteiger partial charge in [-0.15, -0.1) is 0 Å². The van der Waals surface area contributed by atoms with Crippen molar-refractivity contribution in [3.63, 3.8) is 0 Å². The number of hydrogen-bond acceptors (Lipinski definition) is 4. The van der Waals surface area contributed by atoms with Gasteiger partial charge in [-0.1, -0.05) is 31.0 Å². The summed E-state index contributed by atoms with van der Waals surface area (Å²) < 4.78 is 6.04. The Morgan fingerprint density at radius 3 is 2.74 bits per heavy atom. The fraction of sp³-hybridized carbons (Fsp3) is 0.273. The molecule has 0 unspecified atom stereocenters. The van der Waals surface area contributed by atoms with Crippen molar-refractivity contribution in [1.29, 1.82) is 0 Å². The first-order valence-electron chi connectivity index (χ1n) is 9.38. The summed E-state index contributed by atoms with van der Waals surface area (Å²) in [5.41, 5.74) is 7.10. The Hall–Kier alpha value is -2.92. The lowest BCUT2D eigenvalue weighted by atomic mass is 10.1. The van der Waals surface area contributed by atoms with E-state index in [2.05, 4.69) is 10.3 Å². The average molecular weight is 363 g/mol. The SMILES string of the molecule is NCCCCCCC(=O)Nc1cccc(Oc2ccnc3ccccc23)c1. The number of rotatable bonds is 9. The molecular weight excluding hydrogens is 338 g/mol. The Balaban J connectivity index is 1.61. The van der Waals surface area contributed by atoms with Crippen molar-refractivity contribution in [2.75, 3.05) is 11.9 Å². The van der Waals surface area contributed by atoms with E-state index < -0.39 is 0 Å². The third-order valence-corrected chi connectivity index (χ3v) is 4.31. The fourth-order valence-corrected chi connectivity index (χ4v) is 2.93. The molecule has 140 valence electrons. The van der Waals surface area contributed by atoms with Crippen LogP contribution in [0, 0.1) is 0 Å². The average Bonchev–Trinajstić information content (AvgIpc) is 2.68. The zero-order chi connectivity index (χ0) is 18.9. The zero-order valence-electron chi connectivity index (χ0n) is 15.4. The molecule has 0 radical (unpaired) electrons. The van der Waals surface area contributed by atoms with Gasteiger partial charge < -0.3 is 15.8 Å². The Bertz CT molecular complexity index is 890. The molecule has 3 rings (SSSR count). The maximum atomic E-state index is 12.1. The monoisotopic (exact) mass is 363 g/mol. The van der Waals surface area contributed by atoms with Crippen LogP contribution in [0.1, 0.15) is 32.1 Å². The molecule has 5 nitrogen and oxygen atoms in total. The lowest BCUT2D eigenvalue weighted by molar-refractivity contribution is -0.116. The summed E-state index contributed by atoms with van der Waals surface area (Å²) in [5, 5.41) is 3.89. The molecule has 1 amide bonds. The number of fused-ring (bicyclic) bond motifs is 1. The van der Waals surface area contributed by atoms with Crippen molar-refractivity contribution in [1.82, 2.24) is 4.98 Å². The molecule has 0 fully saturated rings. The Kier molecular flexibility index (Phi) is 6.77. The normalized spacial score (nSPS) is 10.7. The first kappa shape index (κ1) is 18.9. The first-order chi connectivity index (χ1) is 13.3. The van der Waals surface area contributed by atoms with Gasteiger partial charge >= 0.3 is 0 Å². The minimum Gasteiger partial charge on any atom is -0.457 e. The molecule has 0 atom stereocenters. The third kappa shape index (κ3) is 5.53. The topological polar surface area (TPSA) is 77.2 Å². The van der Waals surface area contributed by atoms with Crippen molar-refractivity contribution in [3.8, 4) is 11.5 Å². The smallest absolute Gasteiger partial charge is 0.224 e. The van der Waals surface area contributed by atoms with Crippen LogP contribution in [0.2, 0.25) is 0 Å². The molecule has 3 aromatic rings. The van der Waals surface area contributed by atoms with Crippen LogP contribution in [0.15, 0.2) is 60.8 Å². The van der Waals surface area contributed by atoms with Crippen LogP contribution >= 0.6 is 0 Å². The number of nitrogens with one attached hydrogen (secondary N) is 1. The quantitative estimate of drug-likeness (QED) is 0.532. The largest absolute Gasteiger partial charge is 0.457 e. The van der Waals surface area contributed by atoms with E-state index in [1.807, 2.05) is 54.6 Å². The maximum absolute atomic E-state index is 12.1. The summed E-state index contributed by atoms with van der Waals surface area (Å²) >= 11 is 0. The van der Waals surface area contributed by atoms with Crippen LogP contribution in [-0.4, -0.2) is 17.4 Å². The number of nitrogens with two attached hydrogens (primary N) is 1. The molecule has 0 saturated heterocycles. The highest BCUT2D eigenvalue weighted by Gasteiger charge is 2.06. The van der Waals surface area contributed by atoms with Crippen LogP contribution < -0.4 is 15.8 Å². The number of para-hydroxylation sites is 1. The first-order valence-corrected chi connectivity index (χ1v) is 9.38. The van der Waals surface area contributed by atoms with Gasteiger partial charge in [0.05, 0.1) is 5.52 Å². The Labute approximate surface area is 159 Å². The molecule has 2 aromatic carbocycles. The maximum Gasteiger partial charge on any atom is 0.224 e. The van der Waals surface area contributed by atoms with Gasteiger partial charge in [-0.25, -0.2) is 0 Å². The number of carbonyl (C=O) groups is 1. The summed E-state index contributed by atoms with van der Waals surface area (Å²) in [5.74, 6) is 1.44. The lowest BCUT2D eigenvalue weighted by Crippen LogP contribution is -2.11. The van der Waals surface area contributed by atoms with Gasteiger partial charge in [0, 0.05) is 29.8 Å². The molecule has 3 N–H and O–H groups in total. The van der Waals surface area contributed by atoms with E-state index in [1.165, 1.54) is 0 Å². The molecular formula is C22H25N3O2. The van der Waals surface area contributed by atoms with Crippen molar-refractivity contribution >= 4 is 22.5 Å². The van der Waals surface area contributed by atoms with Gasteiger partial charge in [-0.3, -0.25) is 9.78 Å². The number of unbranched alkanes of at least 4 members (excludes halogenated alkanes) is 3. The van der Waals surface area contributed by atoms with E-state index in [0.717, 1.165) is 48.0 Å². The molecule has 0 bridgehead atoms. The zero-order valence-corrected chi connectivity index (χ0v) is 15.4. The summed E-state index contributed by atoms with van der Waals surface area (Å²) in [6.07, 6.45) is 6.25. The van der Waals surface area contributed by atoms with E-state index in [1.54, 1.807) is 6.20 Å². The molecule has 0 saturated carbocycles. The molecule has 0 aliphatic carbocycles. The number of benzene rings is 2. The summed E-state index contributed by atoms with van der Waals surface area (Å²) in [7, 11) is 0. The Morgan fingerprint density at radius 1 is 1.00 bits per heavy atom. The fourth-order valence-electron chi connectivity index (χ4n) is 2.93. The molecule has 0 aliphatic rings. The minimum absolute atomic E-state index is 0.0225. The summed E-state index contributed by atoms with van der Waals surface area (Å²) in [6.45, 7) is 0.714. The van der Waals surface area contributed by atoms with Crippen LogP contribution in [-0.2, 0) is 4.79 Å². The Morgan fingerprint density at radius 2 is 1.85 bits per heavy atom. The number of ether oxygens (including phenoxy) is 1. The predicted octanol–water partition coefficient (Wildman–Crippen LogP) is 4.87. The predicted molar refractivity (Wildman–Crippen MR) is 109 cm³/mol. The molecule has 27 heavy (non-hydrogen) atoms. The van der Waals surface area contributed by atoms with Crippen molar-refractivity contribution in [2.24, 2.45) is 5.73 Å². The standard InChI is InChI=1S/C22H25N3O2/c23-14-6-2-1-3-12-22(26)25-17-8-7-9-18(16-17)27-21-13-15-24-20-11-5-4-10-19(20)21/h4-5,7-11,13,15-16H,1-3,6,12,14,23H2,(H,25,26). The van der Waals surface area contributed by atoms with Gasteiger partial charge in [0.25, 0.3) is 0 Å². The van der Waals surface area contributed by atoms with Gasteiger partial charge in [0.2, 0.25) is 5.91 Å². The number of nitrogens with zero attached hydrogens (tertiary/aromatic N) is 1. The van der Waals surface area contributed by atoms with Crippen molar-refractivity contribution in [3.05, 3.63) is 60.8 Å². The second kappa shape index (κ2) is 9.69. The van der Waals surface area contributed by atoms with Gasteiger partial charge in [-0.2, -0.15) is 0 Å². The minimum atomic E-state index is 0.0225. The van der Waals surface area contributed by atoms with E-state index in [-0.39, 0.29) is 5.91 Å². The number of aromatic nitrogens is 1. The van der Waals surface area contributed by atoms with Crippen molar-refractivity contribution in [2.45, 2.75) is 32.1 Å². The van der Waals surface area contributed by atoms with E-state index in [0.29, 0.717) is 18.7 Å². The highest BCUT2D eigenvalue weighted by molar-refractivity contribution is 5.91. The third-order valence-electron chi connectivity index (χ3n) is 4.31. The van der Waals surface area contributed by atoms with E-state index in [4.69, 9.17) is 10.5 Å². The lowest BCUT2D eigenvalue weighted by Gasteiger charge is -2.10.